The van der Waals surface area contributed by atoms with Crippen LogP contribution in [0.15, 0.2) is 24.3 Å². The summed E-state index contributed by atoms with van der Waals surface area (Å²) in [6.07, 6.45) is 1.15. The van der Waals surface area contributed by atoms with Crippen molar-refractivity contribution in [1.82, 2.24) is 15.1 Å². The Morgan fingerprint density at radius 2 is 2.11 bits per heavy atom. The Morgan fingerprint density at radius 3 is 2.79 bits per heavy atom. The van der Waals surface area contributed by atoms with Gasteiger partial charge >= 0.3 is 0 Å². The number of benzene rings is 1. The van der Waals surface area contributed by atoms with Crippen LogP contribution in [0.5, 0.6) is 0 Å². The van der Waals surface area contributed by atoms with Crippen molar-refractivity contribution in [2.75, 3.05) is 40.3 Å². The minimum absolute atomic E-state index is 0.166. The van der Waals surface area contributed by atoms with Crippen LogP contribution in [0.1, 0.15) is 12.0 Å². The lowest BCUT2D eigenvalue weighted by molar-refractivity contribution is 0.212. The summed E-state index contributed by atoms with van der Waals surface area (Å²) in [5.41, 5.74) is 1.16. The van der Waals surface area contributed by atoms with E-state index in [9.17, 15) is 4.39 Å². The van der Waals surface area contributed by atoms with Crippen LogP contribution in [-0.4, -0.2) is 56.1 Å². The van der Waals surface area contributed by atoms with Gasteiger partial charge in [0.05, 0.1) is 0 Å². The molecule has 1 N–H and O–H groups in total. The predicted molar refractivity (Wildman–Crippen MR) is 76.6 cm³/mol. The molecular weight excluding hydrogens is 241 g/mol. The van der Waals surface area contributed by atoms with Gasteiger partial charge in [0, 0.05) is 32.2 Å². The van der Waals surface area contributed by atoms with Crippen molar-refractivity contribution in [3.63, 3.8) is 0 Å². The molecule has 0 bridgehead atoms. The van der Waals surface area contributed by atoms with Crippen molar-refractivity contribution in [2.45, 2.75) is 19.0 Å². The Bertz CT molecular complexity index is 379. The standard InChI is InChI=1S/C15H24FN3/c1-18(11-13-3-5-14(16)6-4-13)9-7-15-12-19(2)10-8-17-15/h3-6,15,17H,7-12H2,1-2H3. The molecule has 3 nitrogen and oxygen atoms in total. The molecule has 1 aromatic rings. The number of likely N-dealkylation sites (N-methyl/N-ethyl adjacent to an activating group) is 1. The smallest absolute Gasteiger partial charge is 0.123 e. The summed E-state index contributed by atoms with van der Waals surface area (Å²) in [6, 6.07) is 7.37. The van der Waals surface area contributed by atoms with Crippen LogP contribution < -0.4 is 5.32 Å². The van der Waals surface area contributed by atoms with E-state index < -0.39 is 0 Å². The summed E-state index contributed by atoms with van der Waals surface area (Å²) in [4.78, 5) is 4.67. The number of nitrogens with one attached hydrogen (secondary N) is 1. The number of nitrogens with zero attached hydrogens (tertiary/aromatic N) is 2. The maximum absolute atomic E-state index is 12.8. The van der Waals surface area contributed by atoms with Crippen LogP contribution in [0, 0.1) is 5.82 Å². The summed E-state index contributed by atoms with van der Waals surface area (Å²) >= 11 is 0. The minimum atomic E-state index is -0.166. The zero-order valence-electron chi connectivity index (χ0n) is 11.9. The first kappa shape index (κ1) is 14.4. The quantitative estimate of drug-likeness (QED) is 0.871. The van der Waals surface area contributed by atoms with Crippen molar-refractivity contribution in [3.8, 4) is 0 Å². The van der Waals surface area contributed by atoms with E-state index in [2.05, 4.69) is 29.2 Å². The zero-order chi connectivity index (χ0) is 13.7. The molecule has 1 aliphatic rings. The third-order valence-electron chi connectivity index (χ3n) is 3.68. The van der Waals surface area contributed by atoms with E-state index in [4.69, 9.17) is 0 Å². The zero-order valence-corrected chi connectivity index (χ0v) is 11.9. The van der Waals surface area contributed by atoms with Gasteiger partial charge < -0.3 is 15.1 Å². The van der Waals surface area contributed by atoms with E-state index in [1.807, 2.05) is 12.1 Å². The van der Waals surface area contributed by atoms with Crippen LogP contribution in [0.3, 0.4) is 0 Å². The topological polar surface area (TPSA) is 18.5 Å². The first-order chi connectivity index (χ1) is 9.13. The van der Waals surface area contributed by atoms with Crippen LogP contribution in [-0.2, 0) is 6.54 Å². The Hall–Kier alpha value is -0.970. The van der Waals surface area contributed by atoms with Gasteiger partial charge in [-0.1, -0.05) is 12.1 Å². The maximum atomic E-state index is 12.8. The van der Waals surface area contributed by atoms with Gasteiger partial charge in [-0.05, 0) is 44.8 Å². The van der Waals surface area contributed by atoms with Crippen molar-refractivity contribution in [3.05, 3.63) is 35.6 Å². The average Bonchev–Trinajstić information content (AvgIpc) is 2.39. The first-order valence-electron chi connectivity index (χ1n) is 6.98. The largest absolute Gasteiger partial charge is 0.311 e. The number of hydrogen-bond acceptors (Lipinski definition) is 3. The van der Waals surface area contributed by atoms with Crippen molar-refractivity contribution >= 4 is 0 Å². The molecule has 2 rings (SSSR count). The Labute approximate surface area is 115 Å². The van der Waals surface area contributed by atoms with Gasteiger partial charge in [0.25, 0.3) is 0 Å². The molecule has 0 aliphatic carbocycles. The Morgan fingerprint density at radius 1 is 1.37 bits per heavy atom. The molecule has 0 radical (unpaired) electrons. The molecule has 0 amide bonds. The van der Waals surface area contributed by atoms with Crippen LogP contribution in [0.25, 0.3) is 0 Å². The Kier molecular flexibility index (Phi) is 5.31. The van der Waals surface area contributed by atoms with E-state index in [0.717, 1.165) is 44.7 Å². The van der Waals surface area contributed by atoms with E-state index in [1.165, 1.54) is 12.1 Å². The molecule has 106 valence electrons. The predicted octanol–water partition coefficient (Wildman–Crippen LogP) is 1.55. The lowest BCUT2D eigenvalue weighted by Gasteiger charge is -2.32. The number of piperazine rings is 1. The lowest BCUT2D eigenvalue weighted by Crippen LogP contribution is -2.49. The highest BCUT2D eigenvalue weighted by Gasteiger charge is 2.16. The molecule has 1 unspecified atom stereocenters. The molecule has 1 fully saturated rings. The highest BCUT2D eigenvalue weighted by molar-refractivity contribution is 5.15. The summed E-state index contributed by atoms with van der Waals surface area (Å²) in [7, 11) is 4.30. The fourth-order valence-corrected chi connectivity index (χ4v) is 2.54. The molecule has 1 atom stereocenters. The van der Waals surface area contributed by atoms with Gasteiger partial charge in [-0.3, -0.25) is 0 Å². The van der Waals surface area contributed by atoms with Crippen LogP contribution in [0.4, 0.5) is 4.39 Å². The normalized spacial score (nSPS) is 20.9. The highest BCUT2D eigenvalue weighted by atomic mass is 19.1. The lowest BCUT2D eigenvalue weighted by atomic mass is 10.1. The number of halogens is 1. The fourth-order valence-electron chi connectivity index (χ4n) is 2.54. The summed E-state index contributed by atoms with van der Waals surface area (Å²) in [5.74, 6) is -0.166. The molecule has 1 saturated heterocycles. The number of rotatable bonds is 5. The molecule has 1 aliphatic heterocycles. The van der Waals surface area contributed by atoms with Gasteiger partial charge in [0.1, 0.15) is 5.82 Å². The molecule has 1 heterocycles. The van der Waals surface area contributed by atoms with Crippen molar-refractivity contribution in [2.24, 2.45) is 0 Å². The third kappa shape index (κ3) is 4.90. The summed E-state index contributed by atoms with van der Waals surface area (Å²) in [6.45, 7) is 5.29. The molecule has 19 heavy (non-hydrogen) atoms. The molecule has 1 aromatic carbocycles. The summed E-state index contributed by atoms with van der Waals surface area (Å²) in [5, 5.41) is 3.56. The fraction of sp³-hybridized carbons (Fsp3) is 0.600. The average molecular weight is 265 g/mol. The second-order valence-corrected chi connectivity index (χ2v) is 5.57. The van der Waals surface area contributed by atoms with E-state index in [0.29, 0.717) is 6.04 Å². The second-order valence-electron chi connectivity index (χ2n) is 5.57. The second kappa shape index (κ2) is 6.98. The van der Waals surface area contributed by atoms with Gasteiger partial charge in [-0.15, -0.1) is 0 Å². The van der Waals surface area contributed by atoms with E-state index in [1.54, 1.807) is 0 Å². The molecule has 4 heteroatoms. The summed E-state index contributed by atoms with van der Waals surface area (Å²) < 4.78 is 12.8. The molecule has 0 saturated carbocycles. The van der Waals surface area contributed by atoms with Crippen molar-refractivity contribution < 1.29 is 4.39 Å². The van der Waals surface area contributed by atoms with Crippen LogP contribution >= 0.6 is 0 Å². The first-order valence-corrected chi connectivity index (χ1v) is 6.98. The monoisotopic (exact) mass is 265 g/mol. The molecule has 0 aromatic heterocycles. The van der Waals surface area contributed by atoms with Gasteiger partial charge in [0.2, 0.25) is 0 Å². The molecule has 0 spiro atoms. The minimum Gasteiger partial charge on any atom is -0.311 e. The van der Waals surface area contributed by atoms with Gasteiger partial charge in [0.15, 0.2) is 0 Å². The SMILES string of the molecule is CN(CCC1CN(C)CCN1)Cc1ccc(F)cc1. The van der Waals surface area contributed by atoms with Gasteiger partial charge in [-0.2, -0.15) is 0 Å². The van der Waals surface area contributed by atoms with Crippen LogP contribution in [0.2, 0.25) is 0 Å². The van der Waals surface area contributed by atoms with Gasteiger partial charge in [-0.25, -0.2) is 4.39 Å². The van der Waals surface area contributed by atoms with Crippen molar-refractivity contribution in [1.29, 1.82) is 0 Å². The van der Waals surface area contributed by atoms with E-state index >= 15 is 0 Å². The highest BCUT2D eigenvalue weighted by Crippen LogP contribution is 2.07. The third-order valence-corrected chi connectivity index (χ3v) is 3.68. The Balaban J connectivity index is 1.72. The number of hydrogen-bond donors (Lipinski definition) is 1. The van der Waals surface area contributed by atoms with E-state index in [-0.39, 0.29) is 5.82 Å². The maximum Gasteiger partial charge on any atom is 0.123 e. The molecular formula is C15H24FN3.